The first-order valence-electron chi connectivity index (χ1n) is 5.20. The maximum Gasteiger partial charge on any atom is 0.233 e. The Labute approximate surface area is 103 Å². The number of aromatic nitrogens is 1. The first-order valence-corrected chi connectivity index (χ1v) is 6.02. The lowest BCUT2D eigenvalue weighted by molar-refractivity contribution is 0.0989. The summed E-state index contributed by atoms with van der Waals surface area (Å²) in [5.74, 6) is -0.282. The molecule has 4 nitrogen and oxygen atoms in total. The number of nitrogens with two attached hydrogens (primary N) is 1. The molecule has 0 amide bonds. The summed E-state index contributed by atoms with van der Waals surface area (Å²) >= 11 is 1.20. The molecule has 0 aliphatic heterocycles. The zero-order chi connectivity index (χ0) is 12.4. The minimum absolute atomic E-state index is 0.0957. The zero-order valence-corrected chi connectivity index (χ0v) is 10.1. The van der Waals surface area contributed by atoms with Crippen LogP contribution in [0.2, 0.25) is 0 Å². The second-order valence-electron chi connectivity index (χ2n) is 3.57. The SMILES string of the molecule is CCC(=O)c1sc(-c2ccc(N)cc2)nc1O. The third kappa shape index (κ3) is 2.29. The molecular weight excluding hydrogens is 236 g/mol. The Morgan fingerprint density at radius 2 is 2.06 bits per heavy atom. The van der Waals surface area contributed by atoms with Crippen LogP contribution in [-0.2, 0) is 0 Å². The van der Waals surface area contributed by atoms with Crippen molar-refractivity contribution in [2.24, 2.45) is 0 Å². The Kier molecular flexibility index (Phi) is 3.10. The summed E-state index contributed by atoms with van der Waals surface area (Å²) in [5, 5.41) is 10.2. The Hall–Kier alpha value is -1.88. The van der Waals surface area contributed by atoms with Gasteiger partial charge >= 0.3 is 0 Å². The highest BCUT2D eigenvalue weighted by Gasteiger charge is 2.16. The van der Waals surface area contributed by atoms with Gasteiger partial charge in [-0.1, -0.05) is 6.92 Å². The number of carbonyl (C=O) groups excluding carboxylic acids is 1. The Bertz CT molecular complexity index is 546. The molecule has 2 rings (SSSR count). The lowest BCUT2D eigenvalue weighted by atomic mass is 10.2. The maximum absolute atomic E-state index is 11.5. The van der Waals surface area contributed by atoms with Gasteiger partial charge in [0.25, 0.3) is 0 Å². The van der Waals surface area contributed by atoms with Crippen LogP contribution in [0.4, 0.5) is 5.69 Å². The number of carbonyl (C=O) groups is 1. The van der Waals surface area contributed by atoms with E-state index in [0.717, 1.165) is 5.56 Å². The van der Waals surface area contributed by atoms with Gasteiger partial charge in [-0.2, -0.15) is 0 Å². The summed E-state index contributed by atoms with van der Waals surface area (Å²) in [4.78, 5) is 15.8. The van der Waals surface area contributed by atoms with Gasteiger partial charge in [0.15, 0.2) is 5.78 Å². The van der Waals surface area contributed by atoms with Crippen LogP contribution in [0.1, 0.15) is 23.0 Å². The van der Waals surface area contributed by atoms with Gasteiger partial charge in [0.1, 0.15) is 9.88 Å². The van der Waals surface area contributed by atoms with Gasteiger partial charge in [0, 0.05) is 17.7 Å². The molecule has 1 aromatic carbocycles. The smallest absolute Gasteiger partial charge is 0.233 e. The summed E-state index contributed by atoms with van der Waals surface area (Å²) in [6.07, 6.45) is 0.358. The first kappa shape index (κ1) is 11.6. The first-order chi connectivity index (χ1) is 8.11. The minimum atomic E-state index is -0.186. The van der Waals surface area contributed by atoms with E-state index in [1.807, 2.05) is 12.1 Å². The quantitative estimate of drug-likeness (QED) is 0.646. The summed E-state index contributed by atoms with van der Waals surface area (Å²) < 4.78 is 0. The normalized spacial score (nSPS) is 10.4. The molecule has 0 spiro atoms. The molecule has 0 bridgehead atoms. The molecule has 3 N–H and O–H groups in total. The molecule has 0 fully saturated rings. The van der Waals surface area contributed by atoms with Crippen LogP contribution in [0.5, 0.6) is 5.88 Å². The highest BCUT2D eigenvalue weighted by Crippen LogP contribution is 2.32. The molecule has 0 atom stereocenters. The number of ketones is 1. The van der Waals surface area contributed by atoms with Crippen LogP contribution in [-0.4, -0.2) is 15.9 Å². The van der Waals surface area contributed by atoms with Crippen molar-refractivity contribution in [1.29, 1.82) is 0 Å². The van der Waals surface area contributed by atoms with Crippen molar-refractivity contribution in [3.05, 3.63) is 29.1 Å². The van der Waals surface area contributed by atoms with Crippen LogP contribution < -0.4 is 5.73 Å². The van der Waals surface area contributed by atoms with E-state index in [0.29, 0.717) is 22.0 Å². The zero-order valence-electron chi connectivity index (χ0n) is 9.30. The monoisotopic (exact) mass is 248 g/mol. The molecule has 5 heteroatoms. The molecule has 0 radical (unpaired) electrons. The van der Waals surface area contributed by atoms with Crippen molar-refractivity contribution in [3.63, 3.8) is 0 Å². The summed E-state index contributed by atoms with van der Waals surface area (Å²) in [6, 6.07) is 7.14. The summed E-state index contributed by atoms with van der Waals surface area (Å²) in [7, 11) is 0. The number of Topliss-reactive ketones (excluding diaryl/α,β-unsaturated/α-hetero) is 1. The van der Waals surface area contributed by atoms with Crippen molar-refractivity contribution in [2.45, 2.75) is 13.3 Å². The maximum atomic E-state index is 11.5. The van der Waals surface area contributed by atoms with E-state index in [2.05, 4.69) is 4.98 Å². The molecule has 0 unspecified atom stereocenters. The molecule has 0 aliphatic carbocycles. The van der Waals surface area contributed by atoms with Gasteiger partial charge in [0.05, 0.1) is 0 Å². The Morgan fingerprint density at radius 3 is 2.65 bits per heavy atom. The molecule has 1 aromatic heterocycles. The van der Waals surface area contributed by atoms with Crippen LogP contribution in [0.15, 0.2) is 24.3 Å². The van der Waals surface area contributed by atoms with Crippen molar-refractivity contribution in [2.75, 3.05) is 5.73 Å². The molecular formula is C12H12N2O2S. The molecule has 0 saturated carbocycles. The standard InChI is InChI=1S/C12H12N2O2S/c1-2-9(15)10-11(16)14-12(17-10)7-3-5-8(13)6-4-7/h3-6,16H,2,13H2,1H3. The van der Waals surface area contributed by atoms with Gasteiger partial charge in [-0.15, -0.1) is 11.3 Å². The van der Waals surface area contributed by atoms with Crippen molar-refractivity contribution in [3.8, 4) is 16.5 Å². The molecule has 2 aromatic rings. The van der Waals surface area contributed by atoms with Gasteiger partial charge in [0.2, 0.25) is 5.88 Å². The van der Waals surface area contributed by atoms with Gasteiger partial charge in [-0.25, -0.2) is 4.98 Å². The minimum Gasteiger partial charge on any atom is -0.492 e. The third-order valence-electron chi connectivity index (χ3n) is 2.34. The van der Waals surface area contributed by atoms with Gasteiger partial charge < -0.3 is 10.8 Å². The molecule has 0 aliphatic rings. The Balaban J connectivity index is 2.41. The average molecular weight is 248 g/mol. The average Bonchev–Trinajstić information content (AvgIpc) is 2.71. The molecule has 17 heavy (non-hydrogen) atoms. The van der Waals surface area contributed by atoms with E-state index in [4.69, 9.17) is 5.73 Å². The highest BCUT2D eigenvalue weighted by molar-refractivity contribution is 7.17. The predicted molar refractivity (Wildman–Crippen MR) is 68.2 cm³/mol. The lowest BCUT2D eigenvalue weighted by Crippen LogP contribution is -1.92. The predicted octanol–water partition coefficient (Wildman–Crippen LogP) is 2.69. The topological polar surface area (TPSA) is 76.2 Å². The van der Waals surface area contributed by atoms with E-state index in [9.17, 15) is 9.90 Å². The number of benzene rings is 1. The Morgan fingerprint density at radius 1 is 1.41 bits per heavy atom. The highest BCUT2D eigenvalue weighted by atomic mass is 32.1. The van der Waals surface area contributed by atoms with Crippen LogP contribution >= 0.6 is 11.3 Å². The van der Waals surface area contributed by atoms with Crippen LogP contribution in [0, 0.1) is 0 Å². The second-order valence-corrected chi connectivity index (χ2v) is 4.57. The number of hydrogen-bond donors (Lipinski definition) is 2. The van der Waals surface area contributed by atoms with Gasteiger partial charge in [-0.05, 0) is 24.3 Å². The van der Waals surface area contributed by atoms with Gasteiger partial charge in [-0.3, -0.25) is 4.79 Å². The van der Waals surface area contributed by atoms with Crippen LogP contribution in [0.25, 0.3) is 10.6 Å². The van der Waals surface area contributed by atoms with E-state index >= 15 is 0 Å². The van der Waals surface area contributed by atoms with E-state index in [1.54, 1.807) is 19.1 Å². The number of nitrogens with zero attached hydrogens (tertiary/aromatic N) is 1. The molecule has 88 valence electrons. The fraction of sp³-hybridized carbons (Fsp3) is 0.167. The van der Waals surface area contributed by atoms with E-state index < -0.39 is 0 Å². The second kappa shape index (κ2) is 4.55. The molecule has 1 heterocycles. The van der Waals surface area contributed by atoms with Crippen molar-refractivity contribution >= 4 is 22.8 Å². The fourth-order valence-corrected chi connectivity index (χ4v) is 2.38. The largest absolute Gasteiger partial charge is 0.492 e. The number of aromatic hydroxyl groups is 1. The third-order valence-corrected chi connectivity index (χ3v) is 3.48. The molecule has 0 saturated heterocycles. The number of nitrogen functional groups attached to an aromatic ring is 1. The summed E-state index contributed by atoms with van der Waals surface area (Å²) in [5.41, 5.74) is 7.10. The van der Waals surface area contributed by atoms with E-state index in [-0.39, 0.29) is 11.7 Å². The lowest BCUT2D eigenvalue weighted by Gasteiger charge is -1.95. The number of anilines is 1. The number of hydrogen-bond acceptors (Lipinski definition) is 5. The van der Waals surface area contributed by atoms with Crippen LogP contribution in [0.3, 0.4) is 0 Å². The van der Waals surface area contributed by atoms with Crippen molar-refractivity contribution < 1.29 is 9.90 Å². The van der Waals surface area contributed by atoms with Crippen molar-refractivity contribution in [1.82, 2.24) is 4.98 Å². The summed E-state index contributed by atoms with van der Waals surface area (Å²) in [6.45, 7) is 1.75. The number of rotatable bonds is 3. The fourth-order valence-electron chi connectivity index (χ4n) is 1.40. The van der Waals surface area contributed by atoms with E-state index in [1.165, 1.54) is 11.3 Å². The number of thiazole rings is 1.